The molecule has 0 bridgehead atoms. The Hall–Kier alpha value is -1.92. The molecule has 1 aromatic heterocycles. The minimum atomic E-state index is -0.161. The molecule has 29 heavy (non-hydrogen) atoms. The SMILES string of the molecule is Cc1c(C(C)(C)C)s/c(=N\C(=O)c2cccc(N3CCOCC3)c2)n1CC1CC1. The van der Waals surface area contributed by atoms with E-state index in [0.29, 0.717) is 5.56 Å². The van der Waals surface area contributed by atoms with Crippen LogP contribution < -0.4 is 9.70 Å². The topological polar surface area (TPSA) is 46.8 Å². The first-order chi connectivity index (χ1) is 13.8. The highest BCUT2D eigenvalue weighted by molar-refractivity contribution is 7.09. The molecule has 1 amide bonds. The summed E-state index contributed by atoms with van der Waals surface area (Å²) >= 11 is 1.67. The predicted molar refractivity (Wildman–Crippen MR) is 118 cm³/mol. The van der Waals surface area contributed by atoms with Crippen LogP contribution in [0.25, 0.3) is 0 Å². The number of aromatic nitrogens is 1. The fraction of sp³-hybridized carbons (Fsp3) is 0.565. The van der Waals surface area contributed by atoms with Crippen LogP contribution in [0.5, 0.6) is 0 Å². The highest BCUT2D eigenvalue weighted by Crippen LogP contribution is 2.33. The monoisotopic (exact) mass is 413 g/mol. The molecule has 0 spiro atoms. The molecule has 2 aromatic rings. The zero-order valence-electron chi connectivity index (χ0n) is 17.9. The van der Waals surface area contributed by atoms with E-state index in [2.05, 4.69) is 48.2 Å². The molecule has 2 heterocycles. The Morgan fingerprint density at radius 2 is 1.97 bits per heavy atom. The summed E-state index contributed by atoms with van der Waals surface area (Å²) in [4.78, 5) is 22.1. The third-order valence-electron chi connectivity index (χ3n) is 5.64. The lowest BCUT2D eigenvalue weighted by molar-refractivity contribution is 0.0997. The van der Waals surface area contributed by atoms with E-state index in [1.807, 2.05) is 18.2 Å². The molecule has 156 valence electrons. The van der Waals surface area contributed by atoms with Gasteiger partial charge in [0, 0.05) is 41.5 Å². The number of carbonyl (C=O) groups is 1. The van der Waals surface area contributed by atoms with Gasteiger partial charge in [-0.3, -0.25) is 4.79 Å². The summed E-state index contributed by atoms with van der Waals surface area (Å²) in [6.45, 7) is 13.0. The molecule has 0 atom stereocenters. The largest absolute Gasteiger partial charge is 0.378 e. The van der Waals surface area contributed by atoms with Gasteiger partial charge in [0.25, 0.3) is 5.91 Å². The van der Waals surface area contributed by atoms with Gasteiger partial charge in [0.1, 0.15) is 0 Å². The van der Waals surface area contributed by atoms with Crippen molar-refractivity contribution in [2.24, 2.45) is 10.9 Å². The maximum Gasteiger partial charge on any atom is 0.279 e. The first-order valence-electron chi connectivity index (χ1n) is 10.6. The van der Waals surface area contributed by atoms with Crippen molar-refractivity contribution in [3.63, 3.8) is 0 Å². The first kappa shape index (κ1) is 20.4. The lowest BCUT2D eigenvalue weighted by atomic mass is 9.93. The van der Waals surface area contributed by atoms with E-state index in [9.17, 15) is 4.79 Å². The molecule has 2 fully saturated rings. The van der Waals surface area contributed by atoms with Crippen molar-refractivity contribution in [2.75, 3.05) is 31.2 Å². The van der Waals surface area contributed by atoms with E-state index >= 15 is 0 Å². The Morgan fingerprint density at radius 1 is 1.24 bits per heavy atom. The number of thiazole rings is 1. The quantitative estimate of drug-likeness (QED) is 0.757. The normalized spacial score (nSPS) is 18.3. The number of amides is 1. The summed E-state index contributed by atoms with van der Waals surface area (Å²) in [5.74, 6) is 0.571. The lowest BCUT2D eigenvalue weighted by Crippen LogP contribution is -2.36. The molecule has 1 aliphatic carbocycles. The number of hydrogen-bond donors (Lipinski definition) is 0. The van der Waals surface area contributed by atoms with E-state index in [0.717, 1.165) is 49.3 Å². The minimum Gasteiger partial charge on any atom is -0.378 e. The Labute approximate surface area is 177 Å². The van der Waals surface area contributed by atoms with Crippen LogP contribution in [0.3, 0.4) is 0 Å². The average molecular weight is 414 g/mol. The molecule has 5 nitrogen and oxygen atoms in total. The molecule has 0 unspecified atom stereocenters. The summed E-state index contributed by atoms with van der Waals surface area (Å²) in [5, 5.41) is 0. The van der Waals surface area contributed by atoms with Crippen LogP contribution in [-0.4, -0.2) is 36.8 Å². The van der Waals surface area contributed by atoms with Crippen LogP contribution in [-0.2, 0) is 16.7 Å². The number of carbonyl (C=O) groups excluding carboxylic acids is 1. The fourth-order valence-corrected chi connectivity index (χ4v) is 5.04. The number of ether oxygens (including phenoxy) is 1. The summed E-state index contributed by atoms with van der Waals surface area (Å²) in [6, 6.07) is 7.84. The predicted octanol–water partition coefficient (Wildman–Crippen LogP) is 4.14. The first-order valence-corrected chi connectivity index (χ1v) is 11.4. The molecule has 4 rings (SSSR count). The van der Waals surface area contributed by atoms with E-state index in [4.69, 9.17) is 4.74 Å². The molecule has 1 saturated heterocycles. The Balaban J connectivity index is 1.67. The van der Waals surface area contributed by atoms with Crippen molar-refractivity contribution in [1.29, 1.82) is 0 Å². The summed E-state index contributed by atoms with van der Waals surface area (Å²) < 4.78 is 7.71. The average Bonchev–Trinajstić information content (AvgIpc) is 3.47. The number of benzene rings is 1. The number of rotatable bonds is 4. The summed E-state index contributed by atoms with van der Waals surface area (Å²) in [5.41, 5.74) is 3.02. The third kappa shape index (κ3) is 4.64. The second-order valence-corrected chi connectivity index (χ2v) is 10.1. The van der Waals surface area contributed by atoms with Crippen molar-refractivity contribution in [2.45, 2.75) is 52.5 Å². The zero-order valence-corrected chi connectivity index (χ0v) is 18.7. The highest BCUT2D eigenvalue weighted by Gasteiger charge is 2.27. The molecule has 1 aliphatic heterocycles. The second-order valence-electron chi connectivity index (χ2n) is 9.17. The summed E-state index contributed by atoms with van der Waals surface area (Å²) in [7, 11) is 0. The standard InChI is InChI=1S/C23H31N3O2S/c1-16-20(23(2,3)4)29-22(26(16)15-17-8-9-17)24-21(27)18-6-5-7-19(14-18)25-10-12-28-13-11-25/h5-7,14,17H,8-13,15H2,1-4H3/b24-22-. The minimum absolute atomic E-state index is 0.0487. The molecule has 0 N–H and O–H groups in total. The van der Waals surface area contributed by atoms with Crippen molar-refractivity contribution >= 4 is 22.9 Å². The molecular formula is C23H31N3O2S. The van der Waals surface area contributed by atoms with Gasteiger partial charge in [-0.15, -0.1) is 11.3 Å². The molecule has 1 saturated carbocycles. The summed E-state index contributed by atoms with van der Waals surface area (Å²) in [6.07, 6.45) is 2.56. The number of hydrogen-bond acceptors (Lipinski definition) is 4. The Bertz CT molecular complexity index is 957. The van der Waals surface area contributed by atoms with E-state index < -0.39 is 0 Å². The van der Waals surface area contributed by atoms with Crippen molar-refractivity contribution < 1.29 is 9.53 Å². The van der Waals surface area contributed by atoms with Crippen LogP contribution >= 0.6 is 11.3 Å². The molecule has 0 radical (unpaired) electrons. The number of anilines is 1. The van der Waals surface area contributed by atoms with Crippen molar-refractivity contribution in [3.05, 3.63) is 45.2 Å². The number of nitrogens with zero attached hydrogens (tertiary/aromatic N) is 3. The molecule has 6 heteroatoms. The van der Waals surface area contributed by atoms with Gasteiger partial charge in [-0.05, 0) is 49.3 Å². The van der Waals surface area contributed by atoms with E-state index in [1.165, 1.54) is 23.4 Å². The lowest BCUT2D eigenvalue weighted by Gasteiger charge is -2.29. The van der Waals surface area contributed by atoms with Crippen molar-refractivity contribution in [3.8, 4) is 0 Å². The number of morpholine rings is 1. The zero-order chi connectivity index (χ0) is 20.6. The van der Waals surface area contributed by atoms with Gasteiger partial charge in [0.15, 0.2) is 4.80 Å². The molecule has 2 aliphatic rings. The van der Waals surface area contributed by atoms with Crippen LogP contribution in [0.4, 0.5) is 5.69 Å². The van der Waals surface area contributed by atoms with Crippen LogP contribution in [0.1, 0.15) is 54.5 Å². The van der Waals surface area contributed by atoms with E-state index in [-0.39, 0.29) is 11.3 Å². The van der Waals surface area contributed by atoms with Gasteiger partial charge in [0.2, 0.25) is 0 Å². The van der Waals surface area contributed by atoms with E-state index in [1.54, 1.807) is 11.3 Å². The maximum atomic E-state index is 13.1. The molecular weight excluding hydrogens is 382 g/mol. The fourth-order valence-electron chi connectivity index (χ4n) is 3.85. The Morgan fingerprint density at radius 3 is 2.62 bits per heavy atom. The highest BCUT2D eigenvalue weighted by atomic mass is 32.1. The van der Waals surface area contributed by atoms with Gasteiger partial charge >= 0.3 is 0 Å². The van der Waals surface area contributed by atoms with Gasteiger partial charge in [-0.2, -0.15) is 4.99 Å². The second kappa shape index (κ2) is 8.07. The van der Waals surface area contributed by atoms with Gasteiger partial charge in [-0.1, -0.05) is 26.8 Å². The third-order valence-corrected chi connectivity index (χ3v) is 7.25. The van der Waals surface area contributed by atoms with Gasteiger partial charge in [-0.25, -0.2) is 0 Å². The molecule has 1 aromatic carbocycles. The van der Waals surface area contributed by atoms with Crippen LogP contribution in [0.15, 0.2) is 29.3 Å². The Kier molecular flexibility index (Phi) is 5.67. The van der Waals surface area contributed by atoms with Gasteiger partial charge < -0.3 is 14.2 Å². The van der Waals surface area contributed by atoms with Crippen LogP contribution in [0, 0.1) is 12.8 Å². The smallest absolute Gasteiger partial charge is 0.279 e. The maximum absolute atomic E-state index is 13.1. The van der Waals surface area contributed by atoms with Gasteiger partial charge in [0.05, 0.1) is 13.2 Å². The van der Waals surface area contributed by atoms with Crippen molar-refractivity contribution in [1.82, 2.24) is 4.57 Å². The van der Waals surface area contributed by atoms with Crippen LogP contribution in [0.2, 0.25) is 0 Å².